The molecule has 1 fully saturated rings. The van der Waals surface area contributed by atoms with Crippen LogP contribution in [0.5, 0.6) is 0 Å². The molecule has 4 atom stereocenters. The minimum Gasteiger partial charge on any atom is -0.300 e. The summed E-state index contributed by atoms with van der Waals surface area (Å²) in [7, 11) is 9.99. The fourth-order valence-electron chi connectivity index (χ4n) is 1.69. The van der Waals surface area contributed by atoms with Crippen LogP contribution in [0.25, 0.3) is 0 Å². The van der Waals surface area contributed by atoms with Gasteiger partial charge in [-0.05, 0) is 19.1 Å². The van der Waals surface area contributed by atoms with E-state index in [1.807, 2.05) is 11.9 Å². The standard InChI is InChI=1S/C7H14BFNP/c1-5(11)6-3-7(8,9)4-10(6)2/h5-6H,3-4,11H2,1-2H3. The van der Waals surface area contributed by atoms with Gasteiger partial charge in [-0.1, -0.05) is 6.92 Å². The Labute approximate surface area is 71.3 Å². The largest absolute Gasteiger partial charge is 0.300 e. The Bertz CT molecular complexity index is 151. The van der Waals surface area contributed by atoms with Gasteiger partial charge in [-0.25, -0.2) is 0 Å². The summed E-state index contributed by atoms with van der Waals surface area (Å²) in [6.07, 6.45) is 0.453. The van der Waals surface area contributed by atoms with Crippen molar-refractivity contribution in [2.75, 3.05) is 13.6 Å². The normalized spacial score (nSPS) is 42.7. The molecule has 0 bridgehead atoms. The van der Waals surface area contributed by atoms with Crippen molar-refractivity contribution < 1.29 is 4.39 Å². The second-order valence-electron chi connectivity index (χ2n) is 3.58. The quantitative estimate of drug-likeness (QED) is 0.418. The maximum absolute atomic E-state index is 13.2. The van der Waals surface area contributed by atoms with Gasteiger partial charge in [-0.2, -0.15) is 0 Å². The van der Waals surface area contributed by atoms with Gasteiger partial charge in [-0.15, -0.1) is 9.24 Å². The van der Waals surface area contributed by atoms with E-state index in [1.165, 1.54) is 0 Å². The molecule has 2 radical (unpaired) electrons. The van der Waals surface area contributed by atoms with Crippen LogP contribution in [0, 0.1) is 0 Å². The van der Waals surface area contributed by atoms with Gasteiger partial charge in [0.1, 0.15) is 7.85 Å². The predicted octanol–water partition coefficient (Wildman–Crippen LogP) is 0.788. The Kier molecular flexibility index (Phi) is 2.61. The molecule has 1 nitrogen and oxygen atoms in total. The number of likely N-dealkylation sites (tertiary alicyclic amines) is 1. The van der Waals surface area contributed by atoms with Crippen LogP contribution in [0.4, 0.5) is 4.39 Å². The topological polar surface area (TPSA) is 3.24 Å². The molecule has 4 unspecified atom stereocenters. The van der Waals surface area contributed by atoms with E-state index in [0.717, 1.165) is 0 Å². The fraction of sp³-hybridized carbons (Fsp3) is 1.00. The summed E-state index contributed by atoms with van der Waals surface area (Å²) in [5, 5.41) is 0. The van der Waals surface area contributed by atoms with Crippen LogP contribution < -0.4 is 0 Å². The molecule has 62 valence electrons. The van der Waals surface area contributed by atoms with Crippen molar-refractivity contribution in [3.63, 3.8) is 0 Å². The summed E-state index contributed by atoms with van der Waals surface area (Å²) in [4.78, 5) is 1.98. The molecule has 1 aliphatic heterocycles. The first kappa shape index (κ1) is 9.47. The summed E-state index contributed by atoms with van der Waals surface area (Å²) >= 11 is 0. The van der Waals surface area contributed by atoms with Crippen molar-refractivity contribution in [2.24, 2.45) is 0 Å². The lowest BCUT2D eigenvalue weighted by molar-refractivity contribution is 0.268. The minimum atomic E-state index is -1.47. The highest BCUT2D eigenvalue weighted by molar-refractivity contribution is 7.17. The summed E-state index contributed by atoms with van der Waals surface area (Å²) in [5.74, 6) is 0. The van der Waals surface area contributed by atoms with E-state index in [0.29, 0.717) is 18.6 Å². The molecule has 0 aromatic carbocycles. The number of hydrogen-bond acceptors (Lipinski definition) is 1. The average Bonchev–Trinajstić information content (AvgIpc) is 2.05. The highest BCUT2D eigenvalue weighted by Gasteiger charge is 2.39. The second-order valence-corrected chi connectivity index (χ2v) is 4.63. The van der Waals surface area contributed by atoms with Crippen LogP contribution in [-0.2, 0) is 0 Å². The van der Waals surface area contributed by atoms with Crippen molar-refractivity contribution in [2.45, 2.75) is 30.6 Å². The van der Waals surface area contributed by atoms with Crippen molar-refractivity contribution in [3.05, 3.63) is 0 Å². The molecular weight excluding hydrogens is 159 g/mol. The summed E-state index contributed by atoms with van der Waals surface area (Å²) < 4.78 is 13.2. The third kappa shape index (κ3) is 2.16. The van der Waals surface area contributed by atoms with Crippen LogP contribution >= 0.6 is 9.24 Å². The first-order chi connectivity index (χ1) is 4.92. The summed E-state index contributed by atoms with van der Waals surface area (Å²) in [6.45, 7) is 2.42. The first-order valence-electron chi connectivity index (χ1n) is 3.86. The van der Waals surface area contributed by atoms with E-state index < -0.39 is 5.57 Å². The number of hydrogen-bond donors (Lipinski definition) is 0. The molecule has 0 amide bonds. The molecule has 0 spiro atoms. The van der Waals surface area contributed by atoms with Crippen molar-refractivity contribution in [3.8, 4) is 0 Å². The molecule has 4 heteroatoms. The van der Waals surface area contributed by atoms with E-state index >= 15 is 0 Å². The monoisotopic (exact) mass is 173 g/mol. The van der Waals surface area contributed by atoms with Crippen LogP contribution in [0.3, 0.4) is 0 Å². The molecule has 0 saturated carbocycles. The van der Waals surface area contributed by atoms with Gasteiger partial charge in [0.25, 0.3) is 0 Å². The van der Waals surface area contributed by atoms with Crippen molar-refractivity contribution in [1.29, 1.82) is 0 Å². The van der Waals surface area contributed by atoms with E-state index in [4.69, 9.17) is 7.85 Å². The number of alkyl halides is 1. The Morgan fingerprint density at radius 2 is 2.36 bits per heavy atom. The zero-order valence-corrected chi connectivity index (χ0v) is 8.20. The highest BCUT2D eigenvalue weighted by atomic mass is 31.0. The van der Waals surface area contributed by atoms with Gasteiger partial charge >= 0.3 is 0 Å². The van der Waals surface area contributed by atoms with Gasteiger partial charge in [-0.3, -0.25) is 4.39 Å². The van der Waals surface area contributed by atoms with Gasteiger partial charge in [0.05, 0.1) is 5.57 Å². The molecule has 1 aliphatic rings. The lowest BCUT2D eigenvalue weighted by Crippen LogP contribution is -2.31. The second kappa shape index (κ2) is 3.03. The first-order valence-corrected chi connectivity index (χ1v) is 4.53. The van der Waals surface area contributed by atoms with Gasteiger partial charge in [0.2, 0.25) is 0 Å². The van der Waals surface area contributed by atoms with Crippen LogP contribution in [0.1, 0.15) is 13.3 Å². The lowest BCUT2D eigenvalue weighted by atomic mass is 9.81. The number of rotatable bonds is 1. The van der Waals surface area contributed by atoms with E-state index in [-0.39, 0.29) is 6.04 Å². The van der Waals surface area contributed by atoms with Crippen LogP contribution in [0.15, 0.2) is 0 Å². The molecule has 11 heavy (non-hydrogen) atoms. The molecule has 0 aromatic heterocycles. The maximum atomic E-state index is 13.2. The molecule has 0 aliphatic carbocycles. The maximum Gasteiger partial charge on any atom is 0.123 e. The van der Waals surface area contributed by atoms with Gasteiger partial charge in [0, 0.05) is 12.6 Å². The van der Waals surface area contributed by atoms with Crippen LogP contribution in [-0.4, -0.2) is 43.6 Å². The molecule has 1 saturated heterocycles. The number of halogens is 1. The highest BCUT2D eigenvalue weighted by Crippen LogP contribution is 2.30. The summed E-state index contributed by atoms with van der Waals surface area (Å²) in [6, 6.07) is 0.273. The molecule has 0 aromatic rings. The Morgan fingerprint density at radius 3 is 2.55 bits per heavy atom. The fourth-order valence-corrected chi connectivity index (χ4v) is 2.12. The Morgan fingerprint density at radius 1 is 1.82 bits per heavy atom. The van der Waals surface area contributed by atoms with E-state index in [1.54, 1.807) is 0 Å². The Hall–Kier alpha value is 0.385. The summed E-state index contributed by atoms with van der Waals surface area (Å²) in [5.41, 5.74) is -1.06. The van der Waals surface area contributed by atoms with Gasteiger partial charge < -0.3 is 4.90 Å². The molecule has 0 N–H and O–H groups in total. The minimum absolute atomic E-state index is 0.273. The Balaban J connectivity index is 2.59. The SMILES string of the molecule is [B]C1(F)CC(C(C)P)N(C)C1. The third-order valence-electron chi connectivity index (χ3n) is 2.23. The zero-order chi connectivity index (χ0) is 8.65. The number of nitrogens with zero attached hydrogens (tertiary/aromatic N) is 1. The lowest BCUT2D eigenvalue weighted by Gasteiger charge is -2.21. The van der Waals surface area contributed by atoms with Crippen LogP contribution in [0.2, 0.25) is 0 Å². The third-order valence-corrected chi connectivity index (χ3v) is 2.68. The average molecular weight is 173 g/mol. The molecule has 1 rings (SSSR count). The zero-order valence-electron chi connectivity index (χ0n) is 7.05. The van der Waals surface area contributed by atoms with Crippen molar-refractivity contribution >= 4 is 17.1 Å². The predicted molar refractivity (Wildman–Crippen MR) is 49.8 cm³/mol. The molecule has 1 heterocycles. The smallest absolute Gasteiger partial charge is 0.123 e. The molecular formula is C7H14BFNP. The van der Waals surface area contributed by atoms with Gasteiger partial charge in [0.15, 0.2) is 0 Å². The van der Waals surface area contributed by atoms with E-state index in [2.05, 4.69) is 16.2 Å². The van der Waals surface area contributed by atoms with Crippen molar-refractivity contribution in [1.82, 2.24) is 4.90 Å². The van der Waals surface area contributed by atoms with E-state index in [9.17, 15) is 4.39 Å².